The molecule has 1 aliphatic heterocycles. The van der Waals surface area contributed by atoms with Gasteiger partial charge in [0.05, 0.1) is 12.2 Å². The van der Waals surface area contributed by atoms with E-state index in [4.69, 9.17) is 23.7 Å². The number of aliphatic hydroxyl groups is 1. The first-order chi connectivity index (χ1) is 14.0. The van der Waals surface area contributed by atoms with Crippen LogP contribution >= 0.6 is 0 Å². The minimum Gasteiger partial charge on any atom is -0.467 e. The SMILES string of the molecule is COCOc1ccccc1C1C(O)CC(C)OC1(C)c1ccccc1OCOC. The zero-order chi connectivity index (χ0) is 20.9. The molecule has 0 spiro atoms. The van der Waals surface area contributed by atoms with Gasteiger partial charge >= 0.3 is 0 Å². The Labute approximate surface area is 172 Å². The van der Waals surface area contributed by atoms with Crippen LogP contribution in [-0.4, -0.2) is 45.1 Å². The van der Waals surface area contributed by atoms with Gasteiger partial charge in [-0.15, -0.1) is 0 Å². The van der Waals surface area contributed by atoms with Crippen LogP contribution in [0.3, 0.4) is 0 Å². The zero-order valence-corrected chi connectivity index (χ0v) is 17.5. The Morgan fingerprint density at radius 1 is 0.966 bits per heavy atom. The Hall–Kier alpha value is -2.12. The Kier molecular flexibility index (Phi) is 7.14. The average Bonchev–Trinajstić information content (AvgIpc) is 2.71. The van der Waals surface area contributed by atoms with Gasteiger partial charge in [-0.25, -0.2) is 0 Å². The summed E-state index contributed by atoms with van der Waals surface area (Å²) in [6, 6.07) is 15.4. The number of rotatable bonds is 8. The highest BCUT2D eigenvalue weighted by Crippen LogP contribution is 2.51. The van der Waals surface area contributed by atoms with Crippen molar-refractivity contribution in [2.45, 2.75) is 44.0 Å². The maximum Gasteiger partial charge on any atom is 0.188 e. The molecule has 0 amide bonds. The highest BCUT2D eigenvalue weighted by atomic mass is 16.7. The van der Waals surface area contributed by atoms with Crippen LogP contribution in [0.2, 0.25) is 0 Å². The standard InChI is InChI=1S/C23H30O6/c1-16-13-19(24)22(17-9-5-7-11-20(17)27-14-25-3)23(2,29-16)18-10-6-8-12-21(18)28-15-26-4/h5-12,16,19,22,24H,13-15H2,1-4H3. The first kappa shape index (κ1) is 21.6. The van der Waals surface area contributed by atoms with Gasteiger partial charge in [-0.2, -0.15) is 0 Å². The van der Waals surface area contributed by atoms with Crippen LogP contribution in [0.15, 0.2) is 48.5 Å². The number of hydrogen-bond acceptors (Lipinski definition) is 6. The first-order valence-corrected chi connectivity index (χ1v) is 9.79. The molecule has 0 aliphatic carbocycles. The van der Waals surface area contributed by atoms with Crippen LogP contribution in [0.4, 0.5) is 0 Å². The third-order valence-electron chi connectivity index (χ3n) is 5.34. The molecule has 1 heterocycles. The quantitative estimate of drug-likeness (QED) is 0.677. The van der Waals surface area contributed by atoms with Gasteiger partial charge in [-0.05, 0) is 32.4 Å². The zero-order valence-electron chi connectivity index (χ0n) is 17.5. The number of hydrogen-bond donors (Lipinski definition) is 1. The van der Waals surface area contributed by atoms with Crippen molar-refractivity contribution in [3.8, 4) is 11.5 Å². The number of aliphatic hydroxyl groups excluding tert-OH is 1. The average molecular weight is 402 g/mol. The second-order valence-electron chi connectivity index (χ2n) is 7.45. The predicted octanol–water partition coefficient (Wildman–Crippen LogP) is 3.82. The largest absolute Gasteiger partial charge is 0.467 e. The summed E-state index contributed by atoms with van der Waals surface area (Å²) >= 11 is 0. The number of para-hydroxylation sites is 2. The van der Waals surface area contributed by atoms with Crippen molar-refractivity contribution in [1.29, 1.82) is 0 Å². The molecule has 29 heavy (non-hydrogen) atoms. The molecule has 158 valence electrons. The van der Waals surface area contributed by atoms with Crippen LogP contribution in [-0.2, 0) is 19.8 Å². The Morgan fingerprint density at radius 3 is 2.24 bits per heavy atom. The maximum absolute atomic E-state index is 11.2. The van der Waals surface area contributed by atoms with Gasteiger partial charge < -0.3 is 28.8 Å². The van der Waals surface area contributed by atoms with Gasteiger partial charge in [0.1, 0.15) is 17.1 Å². The summed E-state index contributed by atoms with van der Waals surface area (Å²) in [6.45, 7) is 4.23. The normalized spacial score (nSPS) is 26.9. The summed E-state index contributed by atoms with van der Waals surface area (Å²) in [4.78, 5) is 0. The first-order valence-electron chi connectivity index (χ1n) is 9.79. The van der Waals surface area contributed by atoms with E-state index < -0.39 is 11.7 Å². The molecule has 3 rings (SSSR count). The van der Waals surface area contributed by atoms with Crippen LogP contribution < -0.4 is 9.47 Å². The Balaban J connectivity index is 2.10. The lowest BCUT2D eigenvalue weighted by Gasteiger charge is -2.47. The molecular weight excluding hydrogens is 372 g/mol. The minimum atomic E-state index is -0.839. The summed E-state index contributed by atoms with van der Waals surface area (Å²) < 4.78 is 28.3. The monoisotopic (exact) mass is 402 g/mol. The van der Waals surface area contributed by atoms with Gasteiger partial charge in [0.15, 0.2) is 13.6 Å². The van der Waals surface area contributed by atoms with E-state index in [1.807, 2.05) is 62.4 Å². The lowest BCUT2D eigenvalue weighted by molar-refractivity contribution is -0.170. The molecule has 0 saturated carbocycles. The van der Waals surface area contributed by atoms with Crippen molar-refractivity contribution in [3.05, 3.63) is 59.7 Å². The van der Waals surface area contributed by atoms with Crippen LogP contribution in [0.25, 0.3) is 0 Å². The molecule has 0 radical (unpaired) electrons. The Bertz CT molecular complexity index is 794. The van der Waals surface area contributed by atoms with Crippen molar-refractivity contribution in [2.24, 2.45) is 0 Å². The summed E-state index contributed by atoms with van der Waals surface area (Å²) in [7, 11) is 3.16. The van der Waals surface area contributed by atoms with E-state index in [0.29, 0.717) is 17.9 Å². The van der Waals surface area contributed by atoms with Gasteiger partial charge in [0, 0.05) is 31.3 Å². The molecule has 0 aromatic heterocycles. The fraction of sp³-hybridized carbons (Fsp3) is 0.478. The fourth-order valence-corrected chi connectivity index (χ4v) is 4.23. The van der Waals surface area contributed by atoms with E-state index in [-0.39, 0.29) is 25.6 Å². The molecule has 1 aliphatic rings. The molecule has 1 fully saturated rings. The van der Waals surface area contributed by atoms with Crippen molar-refractivity contribution in [3.63, 3.8) is 0 Å². The highest BCUT2D eigenvalue weighted by molar-refractivity contribution is 5.45. The smallest absolute Gasteiger partial charge is 0.188 e. The van der Waals surface area contributed by atoms with E-state index in [9.17, 15) is 5.11 Å². The molecule has 0 bridgehead atoms. The van der Waals surface area contributed by atoms with E-state index in [0.717, 1.165) is 11.1 Å². The third kappa shape index (κ3) is 4.56. The molecular formula is C23H30O6. The van der Waals surface area contributed by atoms with Crippen LogP contribution in [0.5, 0.6) is 11.5 Å². The number of methoxy groups -OCH3 is 2. The van der Waals surface area contributed by atoms with E-state index in [2.05, 4.69) is 0 Å². The molecule has 4 unspecified atom stereocenters. The second-order valence-corrected chi connectivity index (χ2v) is 7.45. The van der Waals surface area contributed by atoms with E-state index in [1.165, 1.54) is 0 Å². The molecule has 2 aromatic carbocycles. The number of benzene rings is 2. The Morgan fingerprint density at radius 2 is 1.55 bits per heavy atom. The van der Waals surface area contributed by atoms with Crippen molar-refractivity contribution >= 4 is 0 Å². The van der Waals surface area contributed by atoms with Crippen molar-refractivity contribution in [1.82, 2.24) is 0 Å². The fourth-order valence-electron chi connectivity index (χ4n) is 4.23. The number of ether oxygens (including phenoxy) is 5. The predicted molar refractivity (Wildman–Crippen MR) is 109 cm³/mol. The third-order valence-corrected chi connectivity index (χ3v) is 5.34. The van der Waals surface area contributed by atoms with Crippen LogP contribution in [0.1, 0.15) is 37.3 Å². The summed E-state index contributed by atoms with van der Waals surface area (Å²) in [5, 5.41) is 11.2. The second kappa shape index (κ2) is 9.59. The van der Waals surface area contributed by atoms with Crippen molar-refractivity contribution < 1.29 is 28.8 Å². The van der Waals surface area contributed by atoms with E-state index >= 15 is 0 Å². The molecule has 1 N–H and O–H groups in total. The van der Waals surface area contributed by atoms with Gasteiger partial charge in [0.2, 0.25) is 0 Å². The maximum atomic E-state index is 11.2. The molecule has 1 saturated heterocycles. The summed E-state index contributed by atoms with van der Waals surface area (Å²) in [5.41, 5.74) is 0.885. The lowest BCUT2D eigenvalue weighted by Crippen LogP contribution is -2.48. The van der Waals surface area contributed by atoms with Gasteiger partial charge in [-0.1, -0.05) is 36.4 Å². The topological polar surface area (TPSA) is 66.4 Å². The van der Waals surface area contributed by atoms with E-state index in [1.54, 1.807) is 14.2 Å². The highest BCUT2D eigenvalue weighted by Gasteiger charge is 2.49. The summed E-state index contributed by atoms with van der Waals surface area (Å²) in [5.74, 6) is 0.968. The molecule has 6 heteroatoms. The van der Waals surface area contributed by atoms with Gasteiger partial charge in [-0.3, -0.25) is 0 Å². The van der Waals surface area contributed by atoms with Crippen LogP contribution in [0, 0.1) is 0 Å². The lowest BCUT2D eigenvalue weighted by atomic mass is 9.71. The molecule has 6 nitrogen and oxygen atoms in total. The minimum absolute atomic E-state index is 0.117. The molecule has 4 atom stereocenters. The van der Waals surface area contributed by atoms with Gasteiger partial charge in [0.25, 0.3) is 0 Å². The summed E-state index contributed by atoms with van der Waals surface area (Å²) in [6.07, 6.45) is -0.208. The van der Waals surface area contributed by atoms with Crippen molar-refractivity contribution in [2.75, 3.05) is 27.8 Å². The molecule has 2 aromatic rings.